The van der Waals surface area contributed by atoms with Crippen molar-refractivity contribution >= 4 is 5.91 Å². The van der Waals surface area contributed by atoms with Crippen LogP contribution in [0.2, 0.25) is 0 Å². The Morgan fingerprint density at radius 2 is 2.06 bits per heavy atom. The molecule has 1 saturated heterocycles. The van der Waals surface area contributed by atoms with Crippen LogP contribution in [0.1, 0.15) is 70.4 Å². The van der Waals surface area contributed by atoms with Crippen LogP contribution < -0.4 is 5.32 Å². The number of hydrogen-bond donors (Lipinski definition) is 1. The van der Waals surface area contributed by atoms with Crippen LogP contribution in [-0.4, -0.2) is 28.1 Å². The lowest BCUT2D eigenvalue weighted by Gasteiger charge is -2.53. The third-order valence-corrected chi connectivity index (χ3v) is 8.61. The Balaban J connectivity index is 1.43. The SMILES string of the molecule is CCCC(=O)N[C@H]1C(C)(C)[C@@H]2C[C@@H]3[C@@H](c4ccc(-n5ccnc5C)cc4)OCCC31C2. The van der Waals surface area contributed by atoms with Gasteiger partial charge in [-0.2, -0.15) is 0 Å². The fourth-order valence-electron chi connectivity index (χ4n) is 7.05. The largest absolute Gasteiger partial charge is 0.373 e. The van der Waals surface area contributed by atoms with Crippen LogP contribution in [0.3, 0.4) is 0 Å². The highest BCUT2D eigenvalue weighted by atomic mass is 16.5. The van der Waals surface area contributed by atoms with Crippen LogP contribution in [0.25, 0.3) is 5.69 Å². The van der Waals surface area contributed by atoms with E-state index >= 15 is 0 Å². The highest BCUT2D eigenvalue weighted by Gasteiger charge is 2.68. The van der Waals surface area contributed by atoms with Crippen molar-refractivity contribution in [1.82, 2.24) is 14.9 Å². The molecular weight excluding hydrogens is 386 g/mol. The lowest BCUT2D eigenvalue weighted by Crippen LogP contribution is -2.58. The van der Waals surface area contributed by atoms with Crippen molar-refractivity contribution in [3.63, 3.8) is 0 Å². The number of imidazole rings is 1. The van der Waals surface area contributed by atoms with E-state index in [1.54, 1.807) is 0 Å². The number of amides is 1. The molecule has 5 nitrogen and oxygen atoms in total. The van der Waals surface area contributed by atoms with Gasteiger partial charge in [0.2, 0.25) is 5.91 Å². The molecule has 1 aliphatic heterocycles. The number of benzene rings is 1. The lowest BCUT2D eigenvalue weighted by atomic mass is 9.59. The monoisotopic (exact) mass is 421 g/mol. The number of aryl methyl sites for hydroxylation is 1. The van der Waals surface area contributed by atoms with Gasteiger partial charge in [-0.15, -0.1) is 0 Å². The van der Waals surface area contributed by atoms with Gasteiger partial charge in [0.05, 0.1) is 6.10 Å². The molecule has 1 N–H and O–H groups in total. The molecule has 1 spiro atoms. The van der Waals surface area contributed by atoms with E-state index in [0.29, 0.717) is 18.3 Å². The first-order valence-corrected chi connectivity index (χ1v) is 11.9. The number of aromatic nitrogens is 2. The summed E-state index contributed by atoms with van der Waals surface area (Å²) in [7, 11) is 0. The van der Waals surface area contributed by atoms with E-state index in [-0.39, 0.29) is 28.9 Å². The zero-order chi connectivity index (χ0) is 21.8. The van der Waals surface area contributed by atoms with Gasteiger partial charge in [-0.3, -0.25) is 4.79 Å². The Kier molecular flexibility index (Phi) is 5.00. The topological polar surface area (TPSA) is 56.2 Å². The molecule has 0 radical (unpaired) electrons. The molecule has 166 valence electrons. The zero-order valence-corrected chi connectivity index (χ0v) is 19.2. The quantitative estimate of drug-likeness (QED) is 0.741. The normalized spacial score (nSPS) is 33.3. The van der Waals surface area contributed by atoms with Gasteiger partial charge in [-0.1, -0.05) is 32.9 Å². The molecule has 3 aliphatic rings. The Morgan fingerprint density at radius 1 is 1.29 bits per heavy atom. The van der Waals surface area contributed by atoms with Crippen LogP contribution in [0.4, 0.5) is 0 Å². The van der Waals surface area contributed by atoms with Crippen LogP contribution in [-0.2, 0) is 9.53 Å². The Hall–Kier alpha value is -2.14. The first kappa shape index (κ1) is 20.7. The van der Waals surface area contributed by atoms with Crippen LogP contribution in [0, 0.1) is 29.6 Å². The maximum absolute atomic E-state index is 12.6. The van der Waals surface area contributed by atoms with E-state index in [2.05, 4.69) is 59.9 Å². The molecule has 5 rings (SSSR count). The van der Waals surface area contributed by atoms with Crippen molar-refractivity contribution in [2.75, 3.05) is 6.61 Å². The van der Waals surface area contributed by atoms with E-state index in [1.807, 2.05) is 19.3 Å². The third kappa shape index (κ3) is 3.15. The lowest BCUT2D eigenvalue weighted by molar-refractivity contribution is -0.137. The van der Waals surface area contributed by atoms with E-state index in [1.165, 1.54) is 18.4 Å². The molecule has 31 heavy (non-hydrogen) atoms. The number of rotatable bonds is 5. The van der Waals surface area contributed by atoms with Gasteiger partial charge >= 0.3 is 0 Å². The van der Waals surface area contributed by atoms with E-state index in [0.717, 1.165) is 31.0 Å². The second kappa shape index (κ2) is 7.47. The van der Waals surface area contributed by atoms with Crippen molar-refractivity contribution in [3.8, 4) is 5.69 Å². The smallest absolute Gasteiger partial charge is 0.220 e. The molecule has 2 saturated carbocycles. The fraction of sp³-hybridized carbons (Fsp3) is 0.615. The average Bonchev–Trinajstić information content (AvgIpc) is 3.40. The van der Waals surface area contributed by atoms with Gasteiger partial charge in [-0.25, -0.2) is 4.98 Å². The molecule has 2 aliphatic carbocycles. The number of fused-ring (bicyclic) bond motifs is 1. The Labute approximate surface area is 185 Å². The summed E-state index contributed by atoms with van der Waals surface area (Å²) in [6.07, 6.45) is 8.92. The minimum absolute atomic E-state index is 0.110. The van der Waals surface area contributed by atoms with Gasteiger partial charge in [0.1, 0.15) is 5.82 Å². The number of nitrogens with zero attached hydrogens (tertiary/aromatic N) is 2. The van der Waals surface area contributed by atoms with E-state index < -0.39 is 0 Å². The molecule has 2 aromatic rings. The summed E-state index contributed by atoms with van der Waals surface area (Å²) in [6, 6.07) is 9.03. The summed E-state index contributed by atoms with van der Waals surface area (Å²) < 4.78 is 8.52. The number of hydrogen-bond acceptors (Lipinski definition) is 3. The van der Waals surface area contributed by atoms with Gasteiger partial charge in [0, 0.05) is 37.2 Å². The maximum Gasteiger partial charge on any atom is 0.220 e. The van der Waals surface area contributed by atoms with Gasteiger partial charge in [0.15, 0.2) is 0 Å². The first-order valence-electron chi connectivity index (χ1n) is 11.9. The maximum atomic E-state index is 12.6. The van der Waals surface area contributed by atoms with Gasteiger partial charge < -0.3 is 14.6 Å². The summed E-state index contributed by atoms with van der Waals surface area (Å²) in [5, 5.41) is 3.49. The third-order valence-electron chi connectivity index (χ3n) is 8.61. The Bertz CT molecular complexity index is 963. The molecule has 1 amide bonds. The predicted octanol–water partition coefficient (Wildman–Crippen LogP) is 4.98. The summed E-state index contributed by atoms with van der Waals surface area (Å²) in [5.41, 5.74) is 2.68. The second-order valence-electron chi connectivity index (χ2n) is 10.5. The summed E-state index contributed by atoms with van der Waals surface area (Å²) in [5.74, 6) is 2.31. The molecule has 1 aromatic heterocycles. The number of nitrogens with one attached hydrogen (secondary N) is 1. The van der Waals surface area contributed by atoms with Crippen molar-refractivity contribution in [3.05, 3.63) is 48.0 Å². The second-order valence-corrected chi connectivity index (χ2v) is 10.5. The molecular formula is C26H35N3O2. The molecule has 2 heterocycles. The minimum atomic E-state index is 0.110. The number of carbonyl (C=O) groups excluding carboxylic acids is 1. The fourth-order valence-corrected chi connectivity index (χ4v) is 7.05. The standard InChI is InChI=1S/C26H35N3O2/c1-5-6-22(30)28-24-25(3,4)19-15-21-23(31-14-11-26(21,24)16-19)18-7-9-20(10-8-18)29-13-12-27-17(29)2/h7-10,12-13,19,21,23-24H,5-6,11,14-16H2,1-4H3,(H,28,30)/t19-,21-,23-,24+,26?/m1/s1. The Morgan fingerprint density at radius 3 is 2.74 bits per heavy atom. The summed E-state index contributed by atoms with van der Waals surface area (Å²) in [4.78, 5) is 16.9. The molecule has 5 atom stereocenters. The summed E-state index contributed by atoms with van der Waals surface area (Å²) >= 11 is 0. The van der Waals surface area contributed by atoms with Crippen molar-refractivity contribution < 1.29 is 9.53 Å². The first-order chi connectivity index (χ1) is 14.9. The van der Waals surface area contributed by atoms with Crippen molar-refractivity contribution in [2.24, 2.45) is 22.7 Å². The molecule has 3 fully saturated rings. The van der Waals surface area contributed by atoms with Gasteiger partial charge in [0.25, 0.3) is 0 Å². The highest BCUT2D eigenvalue weighted by Crippen LogP contribution is 2.70. The average molecular weight is 422 g/mol. The molecule has 1 unspecified atom stereocenters. The van der Waals surface area contributed by atoms with Crippen LogP contribution >= 0.6 is 0 Å². The highest BCUT2D eigenvalue weighted by molar-refractivity contribution is 5.76. The molecule has 5 heteroatoms. The number of ether oxygens (including phenoxy) is 1. The zero-order valence-electron chi connectivity index (χ0n) is 19.2. The molecule has 2 bridgehead atoms. The van der Waals surface area contributed by atoms with Crippen LogP contribution in [0.5, 0.6) is 0 Å². The van der Waals surface area contributed by atoms with Crippen LogP contribution in [0.15, 0.2) is 36.7 Å². The summed E-state index contributed by atoms with van der Waals surface area (Å²) in [6.45, 7) is 9.60. The number of carbonyl (C=O) groups is 1. The van der Waals surface area contributed by atoms with E-state index in [4.69, 9.17) is 4.74 Å². The van der Waals surface area contributed by atoms with E-state index in [9.17, 15) is 4.79 Å². The molecule has 1 aromatic carbocycles. The predicted molar refractivity (Wildman–Crippen MR) is 121 cm³/mol. The minimum Gasteiger partial charge on any atom is -0.373 e. The van der Waals surface area contributed by atoms with Gasteiger partial charge in [-0.05, 0) is 73.0 Å². The van der Waals surface area contributed by atoms with Crippen molar-refractivity contribution in [2.45, 2.75) is 71.9 Å². The van der Waals surface area contributed by atoms with Crippen molar-refractivity contribution in [1.29, 1.82) is 0 Å².